The van der Waals surface area contributed by atoms with Gasteiger partial charge < -0.3 is 14.6 Å². The smallest absolute Gasteiger partial charge is 0.243 e. The fourth-order valence-corrected chi connectivity index (χ4v) is 6.27. The van der Waals surface area contributed by atoms with E-state index in [1.54, 1.807) is 6.07 Å². The highest BCUT2D eigenvalue weighted by atomic mass is 32.2. The average molecular weight is 495 g/mol. The van der Waals surface area contributed by atoms with Crippen molar-refractivity contribution in [1.82, 2.24) is 13.9 Å². The molecule has 33 heavy (non-hydrogen) atoms. The van der Waals surface area contributed by atoms with Gasteiger partial charge in [-0.3, -0.25) is 4.79 Å². The summed E-state index contributed by atoms with van der Waals surface area (Å²) >= 11 is 1.37. The van der Waals surface area contributed by atoms with Crippen molar-refractivity contribution >= 4 is 33.4 Å². The summed E-state index contributed by atoms with van der Waals surface area (Å²) in [4.78, 5) is 17.5. The molecule has 0 saturated carbocycles. The van der Waals surface area contributed by atoms with E-state index in [4.69, 9.17) is 4.74 Å². The monoisotopic (exact) mass is 494 g/mol. The molecule has 0 bridgehead atoms. The van der Waals surface area contributed by atoms with Crippen LogP contribution in [-0.4, -0.2) is 54.1 Å². The van der Waals surface area contributed by atoms with Gasteiger partial charge in [-0.1, -0.05) is 32.0 Å². The van der Waals surface area contributed by atoms with Gasteiger partial charge in [-0.15, -0.1) is 0 Å². The number of ether oxygens (including phenoxy) is 1. The number of rotatable bonds is 9. The summed E-state index contributed by atoms with van der Waals surface area (Å²) in [5.74, 6) is 0.777. The van der Waals surface area contributed by atoms with Crippen LogP contribution in [0.1, 0.15) is 44.5 Å². The summed E-state index contributed by atoms with van der Waals surface area (Å²) < 4.78 is 35.1. The summed E-state index contributed by atoms with van der Waals surface area (Å²) in [6.45, 7) is 10.2. The van der Waals surface area contributed by atoms with Gasteiger partial charge in [-0.25, -0.2) is 13.4 Å². The number of piperidine rings is 1. The van der Waals surface area contributed by atoms with E-state index in [2.05, 4.69) is 28.7 Å². The molecule has 0 aliphatic carbocycles. The molecule has 1 aliphatic rings. The largest absolute Gasteiger partial charge is 0.495 e. The van der Waals surface area contributed by atoms with Crippen LogP contribution < -0.4 is 10.1 Å². The number of sulfonamides is 1. The second-order valence-electron chi connectivity index (χ2n) is 8.73. The van der Waals surface area contributed by atoms with Gasteiger partial charge in [-0.05, 0) is 50.8 Å². The molecule has 1 aromatic carbocycles. The van der Waals surface area contributed by atoms with Crippen molar-refractivity contribution < 1.29 is 17.9 Å². The van der Waals surface area contributed by atoms with E-state index >= 15 is 0 Å². The Hall–Kier alpha value is -2.04. The molecule has 3 rings (SSSR count). The van der Waals surface area contributed by atoms with Gasteiger partial charge in [0.1, 0.15) is 5.75 Å². The highest BCUT2D eigenvalue weighted by molar-refractivity contribution is 7.99. The number of benzene rings is 1. The number of methoxy groups -OCH3 is 1. The molecular weight excluding hydrogens is 460 g/mol. The number of aryl methyl sites for hydroxylation is 1. The number of aromatic nitrogens is 2. The predicted molar refractivity (Wildman–Crippen MR) is 131 cm³/mol. The lowest BCUT2D eigenvalue weighted by atomic mass is 10.2. The van der Waals surface area contributed by atoms with E-state index in [9.17, 15) is 13.2 Å². The average Bonchev–Trinajstić information content (AvgIpc) is 3.05. The maximum absolute atomic E-state index is 13.1. The number of hydrogen-bond donors (Lipinski definition) is 1. The highest BCUT2D eigenvalue weighted by Crippen LogP contribution is 2.30. The Labute approximate surface area is 201 Å². The number of nitrogens with zero attached hydrogens (tertiary/aromatic N) is 3. The standard InChI is InChI=1S/C23H34N4O4S2/c1-16(2)14-27-18(4)17(3)24-23(27)32-15-22(28)25-20-13-19(9-10-21(20)31-5)33(29,30)26-11-7-6-8-12-26/h9-10,13,16H,6-8,11-12,14-15H2,1-5H3,(H,25,28). The van der Waals surface area contributed by atoms with Crippen molar-refractivity contribution in [2.75, 3.05) is 31.3 Å². The Bertz CT molecular complexity index is 1090. The first-order chi connectivity index (χ1) is 15.6. The van der Waals surface area contributed by atoms with Gasteiger partial charge in [0.05, 0.1) is 29.1 Å². The second kappa shape index (κ2) is 10.9. The molecule has 0 unspecified atom stereocenters. The van der Waals surface area contributed by atoms with Gasteiger partial charge in [0, 0.05) is 25.3 Å². The van der Waals surface area contributed by atoms with Crippen LogP contribution in [0, 0.1) is 19.8 Å². The molecule has 10 heteroatoms. The normalized spacial score (nSPS) is 15.1. The van der Waals surface area contributed by atoms with Crippen LogP contribution in [0.25, 0.3) is 0 Å². The van der Waals surface area contributed by atoms with Gasteiger partial charge in [0.15, 0.2) is 5.16 Å². The summed E-state index contributed by atoms with van der Waals surface area (Å²) in [5, 5.41) is 3.63. The van der Waals surface area contributed by atoms with Crippen molar-refractivity contribution in [1.29, 1.82) is 0 Å². The van der Waals surface area contributed by atoms with E-state index in [-0.39, 0.29) is 16.6 Å². The number of imidazole rings is 1. The molecule has 2 aromatic rings. The molecule has 1 fully saturated rings. The SMILES string of the molecule is COc1ccc(S(=O)(=O)N2CCCCC2)cc1NC(=O)CSc1nc(C)c(C)n1CC(C)C. The van der Waals surface area contributed by atoms with Crippen molar-refractivity contribution in [3.8, 4) is 5.75 Å². The summed E-state index contributed by atoms with van der Waals surface area (Å²) in [7, 11) is -2.12. The van der Waals surface area contributed by atoms with Crippen LogP contribution >= 0.6 is 11.8 Å². The molecule has 0 spiro atoms. The minimum atomic E-state index is -3.61. The van der Waals surface area contributed by atoms with Crippen molar-refractivity contribution in [2.24, 2.45) is 5.92 Å². The number of thioether (sulfide) groups is 1. The Balaban J connectivity index is 1.74. The number of carbonyl (C=O) groups is 1. The fourth-order valence-electron chi connectivity index (χ4n) is 3.83. The van der Waals surface area contributed by atoms with Gasteiger partial charge >= 0.3 is 0 Å². The molecule has 1 aliphatic heterocycles. The summed E-state index contributed by atoms with van der Waals surface area (Å²) in [6.07, 6.45) is 2.77. The molecular formula is C23H34N4O4S2. The Kier molecular flexibility index (Phi) is 8.47. The Morgan fingerprint density at radius 3 is 2.55 bits per heavy atom. The third-order valence-electron chi connectivity index (χ3n) is 5.70. The molecule has 1 saturated heterocycles. The first-order valence-corrected chi connectivity index (χ1v) is 13.7. The highest BCUT2D eigenvalue weighted by Gasteiger charge is 2.27. The zero-order valence-corrected chi connectivity index (χ0v) is 21.7. The summed E-state index contributed by atoms with van der Waals surface area (Å²) in [5.41, 5.74) is 2.40. The van der Waals surface area contributed by atoms with Crippen LogP contribution in [0.4, 0.5) is 5.69 Å². The number of amides is 1. The van der Waals surface area contributed by atoms with E-state index in [0.717, 1.165) is 42.4 Å². The molecule has 8 nitrogen and oxygen atoms in total. The quantitative estimate of drug-likeness (QED) is 0.528. The maximum atomic E-state index is 13.1. The van der Waals surface area contributed by atoms with Crippen LogP contribution in [0.15, 0.2) is 28.3 Å². The van der Waals surface area contributed by atoms with Crippen molar-refractivity contribution in [3.63, 3.8) is 0 Å². The second-order valence-corrected chi connectivity index (χ2v) is 11.6. The molecule has 1 amide bonds. The topological polar surface area (TPSA) is 93.5 Å². The van der Waals surface area contributed by atoms with Crippen LogP contribution in [0.3, 0.4) is 0 Å². The molecule has 0 atom stereocenters. The van der Waals surface area contributed by atoms with Crippen LogP contribution in [0.2, 0.25) is 0 Å². The predicted octanol–water partition coefficient (Wildman–Crippen LogP) is 4.07. The molecule has 1 N–H and O–H groups in total. The number of carbonyl (C=O) groups excluding carboxylic acids is 1. The summed E-state index contributed by atoms with van der Waals surface area (Å²) in [6, 6.07) is 4.60. The zero-order valence-electron chi connectivity index (χ0n) is 20.1. The first kappa shape index (κ1) is 25.6. The first-order valence-electron chi connectivity index (χ1n) is 11.3. The van der Waals surface area contributed by atoms with Gasteiger partial charge in [-0.2, -0.15) is 4.31 Å². The Morgan fingerprint density at radius 1 is 1.21 bits per heavy atom. The molecule has 2 heterocycles. The van der Waals surface area contributed by atoms with E-state index < -0.39 is 10.0 Å². The molecule has 0 radical (unpaired) electrons. The zero-order chi connectivity index (χ0) is 24.2. The Morgan fingerprint density at radius 2 is 1.91 bits per heavy atom. The number of hydrogen-bond acceptors (Lipinski definition) is 6. The van der Waals surface area contributed by atoms with E-state index in [1.165, 1.54) is 35.3 Å². The molecule has 182 valence electrons. The lowest BCUT2D eigenvalue weighted by Crippen LogP contribution is -2.35. The third kappa shape index (κ3) is 6.10. The van der Waals surface area contributed by atoms with Crippen LogP contribution in [0.5, 0.6) is 5.75 Å². The molecule has 1 aromatic heterocycles. The minimum absolute atomic E-state index is 0.153. The lowest BCUT2D eigenvalue weighted by Gasteiger charge is -2.26. The van der Waals surface area contributed by atoms with Crippen molar-refractivity contribution in [2.45, 2.75) is 63.6 Å². The van der Waals surface area contributed by atoms with Crippen LogP contribution in [-0.2, 0) is 21.4 Å². The maximum Gasteiger partial charge on any atom is 0.243 e. The van der Waals surface area contributed by atoms with E-state index in [0.29, 0.717) is 30.4 Å². The lowest BCUT2D eigenvalue weighted by molar-refractivity contribution is -0.113. The number of nitrogens with one attached hydrogen (secondary N) is 1. The minimum Gasteiger partial charge on any atom is -0.495 e. The number of anilines is 1. The van der Waals surface area contributed by atoms with Gasteiger partial charge in [0.25, 0.3) is 0 Å². The van der Waals surface area contributed by atoms with Gasteiger partial charge in [0.2, 0.25) is 15.9 Å². The van der Waals surface area contributed by atoms with Crippen molar-refractivity contribution in [3.05, 3.63) is 29.6 Å². The third-order valence-corrected chi connectivity index (χ3v) is 8.57. The fraction of sp³-hybridized carbons (Fsp3) is 0.565. The van der Waals surface area contributed by atoms with E-state index in [1.807, 2.05) is 13.8 Å².